The van der Waals surface area contributed by atoms with Gasteiger partial charge in [-0.3, -0.25) is 4.79 Å². The van der Waals surface area contributed by atoms with E-state index in [4.69, 9.17) is 0 Å². The third-order valence-electron chi connectivity index (χ3n) is 4.33. The number of alkyl halides is 5. The number of halogens is 5. The average molecular weight is 398 g/mol. The Labute approximate surface area is 153 Å². The van der Waals surface area contributed by atoms with Crippen molar-refractivity contribution in [1.29, 1.82) is 0 Å². The summed E-state index contributed by atoms with van der Waals surface area (Å²) < 4.78 is 71.9. The number of carbonyl (C=O) groups is 1. The van der Waals surface area contributed by atoms with Crippen LogP contribution in [0.5, 0.6) is 0 Å². The van der Waals surface area contributed by atoms with E-state index in [1.807, 2.05) is 0 Å². The third kappa shape index (κ3) is 2.59. The summed E-state index contributed by atoms with van der Waals surface area (Å²) in [6, 6.07) is 0. The molecule has 28 heavy (non-hydrogen) atoms. The van der Waals surface area contributed by atoms with Crippen molar-refractivity contribution in [2.45, 2.75) is 31.4 Å². The van der Waals surface area contributed by atoms with Crippen LogP contribution in [0.25, 0.3) is 17.2 Å². The van der Waals surface area contributed by atoms with Crippen molar-refractivity contribution in [3.63, 3.8) is 0 Å². The minimum atomic E-state index is -5.04. The quantitative estimate of drug-likeness (QED) is 0.684. The fraction of sp³-hybridized carbons (Fsp3) is 0.312. The molecule has 1 amide bonds. The molecular weight excluding hydrogens is 387 g/mol. The topological polar surface area (TPSA) is 85.1 Å². The van der Waals surface area contributed by atoms with E-state index in [1.165, 1.54) is 23.0 Å². The van der Waals surface area contributed by atoms with Gasteiger partial charge in [0.2, 0.25) is 5.91 Å². The SMILES string of the molecule is CC(F)C(F)(F)C(F)(F)c1nc(-c2cn3ccnc3cn2)nc2c1CC(=O)N2. The van der Waals surface area contributed by atoms with E-state index >= 15 is 0 Å². The molecule has 146 valence electrons. The minimum Gasteiger partial charge on any atom is -0.310 e. The van der Waals surface area contributed by atoms with Crippen LogP contribution in [-0.4, -0.2) is 42.3 Å². The van der Waals surface area contributed by atoms with Gasteiger partial charge in [0.05, 0.1) is 12.6 Å². The van der Waals surface area contributed by atoms with E-state index in [0.717, 1.165) is 0 Å². The molecule has 7 nitrogen and oxygen atoms in total. The van der Waals surface area contributed by atoms with Gasteiger partial charge in [-0.15, -0.1) is 0 Å². The number of amides is 1. The molecule has 0 spiro atoms. The highest BCUT2D eigenvalue weighted by molar-refractivity contribution is 5.98. The molecule has 1 aliphatic rings. The predicted octanol–water partition coefficient (Wildman–Crippen LogP) is 2.77. The number of hydrogen-bond acceptors (Lipinski definition) is 5. The molecule has 12 heteroatoms. The number of imidazole rings is 1. The minimum absolute atomic E-state index is 0.0249. The lowest BCUT2D eigenvalue weighted by Gasteiger charge is -2.28. The summed E-state index contributed by atoms with van der Waals surface area (Å²) in [5, 5.41) is 2.22. The first-order chi connectivity index (χ1) is 13.1. The van der Waals surface area contributed by atoms with Crippen molar-refractivity contribution in [2.24, 2.45) is 0 Å². The van der Waals surface area contributed by atoms with Gasteiger partial charge in [-0.2, -0.15) is 17.6 Å². The van der Waals surface area contributed by atoms with E-state index in [9.17, 15) is 26.7 Å². The van der Waals surface area contributed by atoms with Gasteiger partial charge in [0, 0.05) is 24.2 Å². The van der Waals surface area contributed by atoms with Gasteiger partial charge in [0.15, 0.2) is 17.6 Å². The number of anilines is 1. The summed E-state index contributed by atoms with van der Waals surface area (Å²) in [7, 11) is 0. The third-order valence-corrected chi connectivity index (χ3v) is 4.33. The molecule has 0 saturated carbocycles. The summed E-state index contributed by atoms with van der Waals surface area (Å²) in [6.45, 7) is 0.328. The van der Waals surface area contributed by atoms with Crippen LogP contribution in [0, 0.1) is 0 Å². The van der Waals surface area contributed by atoms with Gasteiger partial charge in [0.25, 0.3) is 0 Å². The molecule has 1 N–H and O–H groups in total. The molecule has 3 aromatic rings. The van der Waals surface area contributed by atoms with Crippen molar-refractivity contribution < 1.29 is 26.7 Å². The molecule has 3 aromatic heterocycles. The smallest absolute Gasteiger partial charge is 0.310 e. The zero-order valence-corrected chi connectivity index (χ0v) is 14.1. The van der Waals surface area contributed by atoms with Crippen molar-refractivity contribution in [2.75, 3.05) is 5.32 Å². The number of carbonyl (C=O) groups excluding carboxylic acids is 1. The molecule has 1 atom stereocenters. The predicted molar refractivity (Wildman–Crippen MR) is 85.8 cm³/mol. The van der Waals surface area contributed by atoms with Crippen LogP contribution in [0.4, 0.5) is 27.8 Å². The van der Waals surface area contributed by atoms with Crippen molar-refractivity contribution in [1.82, 2.24) is 24.3 Å². The molecule has 0 fully saturated rings. The maximum absolute atomic E-state index is 14.6. The summed E-state index contributed by atoms with van der Waals surface area (Å²) >= 11 is 0. The van der Waals surface area contributed by atoms with E-state index in [1.54, 1.807) is 6.20 Å². The first-order valence-corrected chi connectivity index (χ1v) is 8.01. The molecule has 0 aromatic carbocycles. The fourth-order valence-corrected chi connectivity index (χ4v) is 2.82. The van der Waals surface area contributed by atoms with E-state index in [2.05, 4.69) is 25.3 Å². The standard InChI is InChI=1S/C16H11F5N6O/c1-7(17)15(18,19)16(20,21)12-8-4-11(28)24-13(8)26-14(25-12)9-6-27-3-2-22-10(27)5-23-9/h2-3,5-7H,4H2,1H3,(H,24,25,26,28). The molecule has 4 rings (SSSR count). The molecule has 0 saturated heterocycles. The highest BCUT2D eigenvalue weighted by Gasteiger charge is 2.63. The molecule has 0 bridgehead atoms. The van der Waals surface area contributed by atoms with Gasteiger partial charge in [-0.05, 0) is 6.92 Å². The summed E-state index contributed by atoms with van der Waals surface area (Å²) in [5.41, 5.74) is -1.49. The van der Waals surface area contributed by atoms with Crippen molar-refractivity contribution >= 4 is 17.4 Å². The Kier molecular flexibility index (Phi) is 3.84. The average Bonchev–Trinajstić information content (AvgIpc) is 3.24. The Morgan fingerprint density at radius 3 is 2.68 bits per heavy atom. The lowest BCUT2D eigenvalue weighted by Crippen LogP contribution is -2.45. The van der Waals surface area contributed by atoms with Gasteiger partial charge in [0.1, 0.15) is 17.2 Å². The van der Waals surface area contributed by atoms with Crippen molar-refractivity contribution in [3.8, 4) is 11.5 Å². The van der Waals surface area contributed by atoms with Crippen LogP contribution in [0.1, 0.15) is 18.2 Å². The fourth-order valence-electron chi connectivity index (χ4n) is 2.82. The zero-order chi connectivity index (χ0) is 20.3. The van der Waals surface area contributed by atoms with Gasteiger partial charge >= 0.3 is 11.8 Å². The van der Waals surface area contributed by atoms with Crippen LogP contribution in [-0.2, 0) is 17.1 Å². The Hall–Kier alpha value is -3.18. The molecule has 1 unspecified atom stereocenters. The van der Waals surface area contributed by atoms with Gasteiger partial charge in [-0.25, -0.2) is 24.3 Å². The maximum atomic E-state index is 14.6. The molecular formula is C16H11F5N6O. The second-order valence-corrected chi connectivity index (χ2v) is 6.23. The zero-order valence-electron chi connectivity index (χ0n) is 14.1. The Balaban J connectivity index is 1.92. The van der Waals surface area contributed by atoms with Crippen LogP contribution >= 0.6 is 0 Å². The molecule has 4 heterocycles. The number of fused-ring (bicyclic) bond motifs is 2. The first-order valence-electron chi connectivity index (χ1n) is 8.01. The van der Waals surface area contributed by atoms with E-state index in [0.29, 0.717) is 12.6 Å². The van der Waals surface area contributed by atoms with Gasteiger partial charge < -0.3 is 9.72 Å². The summed E-state index contributed by atoms with van der Waals surface area (Å²) in [5.74, 6) is -11.5. The number of nitrogens with one attached hydrogen (secondary N) is 1. The largest absolute Gasteiger partial charge is 0.355 e. The number of nitrogens with zero attached hydrogens (tertiary/aromatic N) is 5. The normalized spacial score (nSPS) is 15.6. The Bertz CT molecular complexity index is 1100. The lowest BCUT2D eigenvalue weighted by atomic mass is 9.99. The number of hydrogen-bond donors (Lipinski definition) is 1. The summed E-state index contributed by atoms with van der Waals surface area (Å²) in [4.78, 5) is 27.1. The number of rotatable bonds is 4. The maximum Gasteiger partial charge on any atom is 0.355 e. The molecule has 1 aliphatic heterocycles. The Morgan fingerprint density at radius 1 is 1.21 bits per heavy atom. The van der Waals surface area contributed by atoms with Crippen molar-refractivity contribution in [3.05, 3.63) is 36.0 Å². The summed E-state index contributed by atoms with van der Waals surface area (Å²) in [6.07, 6.45) is 1.91. The monoisotopic (exact) mass is 398 g/mol. The lowest BCUT2D eigenvalue weighted by molar-refractivity contribution is -0.244. The van der Waals surface area contributed by atoms with Gasteiger partial charge in [-0.1, -0.05) is 0 Å². The second-order valence-electron chi connectivity index (χ2n) is 6.23. The van der Waals surface area contributed by atoms with Crippen LogP contribution in [0.15, 0.2) is 24.8 Å². The Morgan fingerprint density at radius 2 is 1.96 bits per heavy atom. The first kappa shape index (κ1) is 18.2. The highest BCUT2D eigenvalue weighted by atomic mass is 19.3. The van der Waals surface area contributed by atoms with E-state index in [-0.39, 0.29) is 11.5 Å². The second kappa shape index (κ2) is 5.91. The highest BCUT2D eigenvalue weighted by Crippen LogP contribution is 2.48. The van der Waals surface area contributed by atoms with Crippen LogP contribution in [0.2, 0.25) is 0 Å². The van der Waals surface area contributed by atoms with Crippen LogP contribution < -0.4 is 5.32 Å². The molecule has 0 aliphatic carbocycles. The van der Waals surface area contributed by atoms with E-state index < -0.39 is 47.4 Å². The number of aromatic nitrogens is 5. The molecule has 0 radical (unpaired) electrons. The van der Waals surface area contributed by atoms with Crippen LogP contribution in [0.3, 0.4) is 0 Å².